The van der Waals surface area contributed by atoms with Gasteiger partial charge >= 0.3 is 30.0 Å². The van der Waals surface area contributed by atoms with E-state index in [2.05, 4.69) is 27.5 Å². The molecule has 7 heavy (non-hydrogen) atoms. The summed E-state index contributed by atoms with van der Waals surface area (Å²) in [7, 11) is 0. The standard InChI is InChI=1S/C5H9.BrH.Zn/c1-3-5-4-2;;/h3,5H,1,4H2,2H3;1H;/q-1;;+2/p-1. The van der Waals surface area contributed by atoms with E-state index >= 15 is 0 Å². The third kappa shape index (κ3) is 20.3. The van der Waals surface area contributed by atoms with Crippen LogP contribution in [0.5, 0.6) is 0 Å². The van der Waals surface area contributed by atoms with Crippen LogP contribution in [0.15, 0.2) is 12.2 Å². The van der Waals surface area contributed by atoms with E-state index in [0.717, 1.165) is 6.42 Å². The van der Waals surface area contributed by atoms with Gasteiger partial charge in [0.15, 0.2) is 0 Å². The summed E-state index contributed by atoms with van der Waals surface area (Å²) >= 11 is 4.25. The summed E-state index contributed by atoms with van der Waals surface area (Å²) in [5, 5.41) is 0. The first-order chi connectivity index (χ1) is 3.41. The van der Waals surface area contributed by atoms with Crippen LogP contribution in [0.2, 0.25) is 0 Å². The van der Waals surface area contributed by atoms with E-state index in [4.69, 9.17) is 0 Å². The van der Waals surface area contributed by atoms with Crippen molar-refractivity contribution < 1.29 is 16.3 Å². The van der Waals surface area contributed by atoms with Gasteiger partial charge in [0.25, 0.3) is 0 Å². The summed E-state index contributed by atoms with van der Waals surface area (Å²) in [4.78, 5) is 0. The molecule has 0 amide bonds. The van der Waals surface area contributed by atoms with Crippen LogP contribution < -0.4 is 0 Å². The molecule has 0 saturated carbocycles. The van der Waals surface area contributed by atoms with Crippen molar-refractivity contribution in [3.05, 3.63) is 19.1 Å². The molecule has 0 rings (SSSR count). The van der Waals surface area contributed by atoms with E-state index < -0.39 is 0 Å². The van der Waals surface area contributed by atoms with Crippen LogP contribution in [0.1, 0.15) is 13.3 Å². The van der Waals surface area contributed by atoms with E-state index in [1.165, 1.54) is 16.3 Å². The fourth-order valence-corrected chi connectivity index (χ4v) is 0.167. The van der Waals surface area contributed by atoms with Gasteiger partial charge in [-0.15, -0.1) is 6.42 Å². The van der Waals surface area contributed by atoms with Crippen molar-refractivity contribution in [2.45, 2.75) is 13.3 Å². The Bertz CT molecular complexity index is 35.1. The molecule has 0 aromatic heterocycles. The molecule has 0 unspecified atom stereocenters. The molecule has 0 saturated heterocycles. The summed E-state index contributed by atoms with van der Waals surface area (Å²) in [6, 6.07) is 0. The van der Waals surface area contributed by atoms with Crippen LogP contribution in [-0.4, -0.2) is 0 Å². The minimum atomic E-state index is 1.10. The second kappa shape index (κ2) is 15.9. The van der Waals surface area contributed by atoms with Gasteiger partial charge in [-0.2, -0.15) is 0 Å². The molecule has 0 radical (unpaired) electrons. The number of allylic oxidation sites excluding steroid dienone is 2. The monoisotopic (exact) mass is 212 g/mol. The molecule has 0 aromatic carbocycles. The minimum absolute atomic E-state index is 1.10. The predicted molar refractivity (Wildman–Crippen MR) is 33.7 cm³/mol. The Kier molecular flexibility index (Phi) is 24.2. The van der Waals surface area contributed by atoms with Crippen molar-refractivity contribution >= 4 is 13.6 Å². The van der Waals surface area contributed by atoms with E-state index in [0.29, 0.717) is 0 Å². The molecule has 0 aliphatic rings. The molecular formula is C5H9BrZn. The summed E-state index contributed by atoms with van der Waals surface area (Å²) in [5.41, 5.74) is 0. The molecule has 38 valence electrons. The van der Waals surface area contributed by atoms with Gasteiger partial charge < -0.3 is 0 Å². The second-order valence-corrected chi connectivity index (χ2v) is 0.880. The van der Waals surface area contributed by atoms with Gasteiger partial charge in [-0.1, -0.05) is 6.92 Å². The fraction of sp³-hybridized carbons (Fsp3) is 0.400. The van der Waals surface area contributed by atoms with Gasteiger partial charge in [-0.05, 0) is 0 Å². The summed E-state index contributed by atoms with van der Waals surface area (Å²) in [6.45, 7) is 5.58. The van der Waals surface area contributed by atoms with E-state index in [9.17, 15) is 0 Å². The molecule has 0 fully saturated rings. The Labute approximate surface area is 62.4 Å². The van der Waals surface area contributed by atoms with Gasteiger partial charge in [-0.3, -0.25) is 0 Å². The van der Waals surface area contributed by atoms with Crippen LogP contribution >= 0.6 is 13.6 Å². The van der Waals surface area contributed by atoms with Crippen molar-refractivity contribution in [2.75, 3.05) is 0 Å². The molecule has 0 N–H and O–H groups in total. The Morgan fingerprint density at radius 3 is 2.14 bits per heavy atom. The van der Waals surface area contributed by atoms with E-state index in [1.807, 2.05) is 6.08 Å². The van der Waals surface area contributed by atoms with Crippen molar-refractivity contribution in [3.63, 3.8) is 0 Å². The Morgan fingerprint density at radius 1 is 1.71 bits per heavy atom. The molecule has 0 bridgehead atoms. The third-order valence-electron chi connectivity index (χ3n) is 0.402. The zero-order valence-corrected chi connectivity index (χ0v) is 9.21. The number of rotatable bonds is 1. The number of halogens is 1. The van der Waals surface area contributed by atoms with Crippen molar-refractivity contribution in [2.24, 2.45) is 0 Å². The van der Waals surface area contributed by atoms with Gasteiger partial charge in [0.2, 0.25) is 0 Å². The van der Waals surface area contributed by atoms with Gasteiger partial charge in [0, 0.05) is 0 Å². The summed E-state index contributed by atoms with van der Waals surface area (Å²) < 4.78 is 0. The first kappa shape index (κ1) is 10.6. The number of hydrogen-bond acceptors (Lipinski definition) is 0. The Morgan fingerprint density at radius 2 is 2.14 bits per heavy atom. The van der Waals surface area contributed by atoms with E-state index in [1.54, 1.807) is 6.08 Å². The molecule has 0 aliphatic heterocycles. The molecule has 0 atom stereocenters. The number of hydrogen-bond donors (Lipinski definition) is 0. The average Bonchev–Trinajstić information content (AvgIpc) is 1.75. The molecular weight excluding hydrogens is 205 g/mol. The zero-order chi connectivity index (χ0) is 6.12. The maximum atomic E-state index is 3.49. The van der Waals surface area contributed by atoms with Gasteiger partial charge in [0.1, 0.15) is 0 Å². The van der Waals surface area contributed by atoms with Crippen molar-refractivity contribution in [1.29, 1.82) is 0 Å². The van der Waals surface area contributed by atoms with Gasteiger partial charge in [-0.25, -0.2) is 19.1 Å². The summed E-state index contributed by atoms with van der Waals surface area (Å²) in [6.07, 6.45) is 4.92. The molecule has 0 aromatic rings. The van der Waals surface area contributed by atoms with Crippen molar-refractivity contribution in [3.8, 4) is 0 Å². The summed E-state index contributed by atoms with van der Waals surface area (Å²) in [5.74, 6) is 0. The van der Waals surface area contributed by atoms with Gasteiger partial charge in [0.05, 0.1) is 0 Å². The van der Waals surface area contributed by atoms with Crippen molar-refractivity contribution in [1.82, 2.24) is 0 Å². The zero-order valence-electron chi connectivity index (χ0n) is 4.65. The normalized spacial score (nSPS) is 8.00. The molecule has 0 aliphatic carbocycles. The Balaban J connectivity index is 0. The third-order valence-corrected chi connectivity index (χ3v) is 0.402. The van der Waals surface area contributed by atoms with Crippen LogP contribution in [0.3, 0.4) is 0 Å². The average molecular weight is 214 g/mol. The van der Waals surface area contributed by atoms with Crippen LogP contribution in [-0.2, 0) is 16.3 Å². The second-order valence-electron chi connectivity index (χ2n) is 0.880. The molecule has 0 spiro atoms. The predicted octanol–water partition coefficient (Wildman–Crippen LogP) is 2.63. The maximum absolute atomic E-state index is 3.49. The quantitative estimate of drug-likeness (QED) is 0.465. The van der Waals surface area contributed by atoms with E-state index in [-0.39, 0.29) is 0 Å². The van der Waals surface area contributed by atoms with Crippen LogP contribution in [0, 0.1) is 6.92 Å². The van der Waals surface area contributed by atoms with Crippen LogP contribution in [0.4, 0.5) is 0 Å². The Hall–Kier alpha value is 0.713. The molecule has 0 nitrogen and oxygen atoms in total. The topological polar surface area (TPSA) is 0 Å². The first-order valence-electron chi connectivity index (χ1n) is 2.12. The molecule has 2 heteroatoms. The SMILES string of the molecule is [CH2-]C=CCC.[Zn+][Br]. The first-order valence-corrected chi connectivity index (χ1v) is 9.07. The fourth-order valence-electron chi connectivity index (χ4n) is 0.167. The molecule has 0 heterocycles. The van der Waals surface area contributed by atoms with Crippen LogP contribution in [0.25, 0.3) is 0 Å².